The molecule has 0 fully saturated rings. The van der Waals surface area contributed by atoms with Crippen molar-refractivity contribution in [1.82, 2.24) is 10.3 Å². The Labute approximate surface area is 114 Å². The van der Waals surface area contributed by atoms with Crippen LogP contribution in [0.5, 0.6) is 0 Å². The molecule has 0 aromatic carbocycles. The lowest BCUT2D eigenvalue weighted by atomic mass is 10.2. The van der Waals surface area contributed by atoms with Gasteiger partial charge in [-0.05, 0) is 38.6 Å². The van der Waals surface area contributed by atoms with Crippen LogP contribution in [0.1, 0.15) is 18.4 Å². The van der Waals surface area contributed by atoms with Gasteiger partial charge in [-0.1, -0.05) is 0 Å². The fourth-order valence-electron chi connectivity index (χ4n) is 1.25. The molecule has 0 spiro atoms. The van der Waals surface area contributed by atoms with E-state index in [4.69, 9.17) is 0 Å². The van der Waals surface area contributed by atoms with Gasteiger partial charge in [-0.25, -0.2) is 0 Å². The molecule has 1 aromatic rings. The van der Waals surface area contributed by atoms with Crippen LogP contribution in [0.2, 0.25) is 0 Å². The minimum atomic E-state index is 0. The molecule has 98 valence electrons. The highest BCUT2D eigenvalue weighted by atomic mass is 35.5. The van der Waals surface area contributed by atoms with E-state index in [1.165, 1.54) is 0 Å². The van der Waals surface area contributed by atoms with Crippen molar-refractivity contribution in [3.63, 3.8) is 0 Å². The first-order valence-electron chi connectivity index (χ1n) is 5.09. The number of rotatable bonds is 5. The second-order valence-electron chi connectivity index (χ2n) is 3.45. The Morgan fingerprint density at radius 3 is 2.71 bits per heavy atom. The molecule has 1 aromatic heterocycles. The van der Waals surface area contributed by atoms with Gasteiger partial charge in [0.1, 0.15) is 0 Å². The number of anilines is 1. The zero-order valence-electron chi connectivity index (χ0n) is 10.0. The predicted octanol–water partition coefficient (Wildman–Crippen LogP) is 2.17. The molecule has 0 aliphatic rings. The fraction of sp³-hybridized carbons (Fsp3) is 0.455. The minimum Gasteiger partial charge on any atom is -0.326 e. The number of carbonyl (C=O) groups excluding carboxylic acids is 1. The summed E-state index contributed by atoms with van der Waals surface area (Å²) in [5.74, 6) is 0.0551. The van der Waals surface area contributed by atoms with Gasteiger partial charge >= 0.3 is 0 Å². The van der Waals surface area contributed by atoms with Crippen LogP contribution >= 0.6 is 24.8 Å². The molecule has 2 N–H and O–H groups in total. The van der Waals surface area contributed by atoms with Crippen LogP contribution in [-0.4, -0.2) is 24.5 Å². The summed E-state index contributed by atoms with van der Waals surface area (Å²) in [7, 11) is 1.88. The maximum atomic E-state index is 11.5. The van der Waals surface area contributed by atoms with Gasteiger partial charge in [-0.2, -0.15) is 0 Å². The van der Waals surface area contributed by atoms with Gasteiger partial charge in [0.05, 0.1) is 0 Å². The number of aryl methyl sites for hydroxylation is 1. The monoisotopic (exact) mass is 279 g/mol. The van der Waals surface area contributed by atoms with Crippen molar-refractivity contribution >= 4 is 36.4 Å². The first-order chi connectivity index (χ1) is 7.24. The van der Waals surface area contributed by atoms with E-state index in [9.17, 15) is 4.79 Å². The molecule has 0 aliphatic heterocycles. The average Bonchev–Trinajstić information content (AvgIpc) is 2.22. The van der Waals surface area contributed by atoms with Crippen LogP contribution in [0, 0.1) is 6.92 Å². The lowest BCUT2D eigenvalue weighted by Gasteiger charge is -2.07. The third kappa shape index (κ3) is 7.15. The second-order valence-corrected chi connectivity index (χ2v) is 3.45. The summed E-state index contributed by atoms with van der Waals surface area (Å²) >= 11 is 0. The summed E-state index contributed by atoms with van der Waals surface area (Å²) in [6.45, 7) is 2.79. The van der Waals surface area contributed by atoms with Crippen molar-refractivity contribution in [2.75, 3.05) is 18.9 Å². The second kappa shape index (κ2) is 10.3. The van der Waals surface area contributed by atoms with Crippen molar-refractivity contribution in [3.05, 3.63) is 24.0 Å². The van der Waals surface area contributed by atoms with E-state index < -0.39 is 0 Å². The first-order valence-corrected chi connectivity index (χ1v) is 5.09. The van der Waals surface area contributed by atoms with Gasteiger partial charge in [-0.15, -0.1) is 24.8 Å². The Morgan fingerprint density at radius 1 is 1.41 bits per heavy atom. The van der Waals surface area contributed by atoms with E-state index in [1.54, 1.807) is 12.4 Å². The van der Waals surface area contributed by atoms with Gasteiger partial charge in [0.2, 0.25) is 5.91 Å². The fourth-order valence-corrected chi connectivity index (χ4v) is 1.25. The van der Waals surface area contributed by atoms with Crippen LogP contribution in [0.25, 0.3) is 0 Å². The van der Waals surface area contributed by atoms with Crippen LogP contribution in [0.4, 0.5) is 5.69 Å². The van der Waals surface area contributed by atoms with Crippen molar-refractivity contribution in [1.29, 1.82) is 0 Å². The molecule has 0 bridgehead atoms. The summed E-state index contributed by atoms with van der Waals surface area (Å²) in [6, 6.07) is 1.81. The molecule has 0 atom stereocenters. The van der Waals surface area contributed by atoms with E-state index in [2.05, 4.69) is 15.6 Å². The first kappa shape index (κ1) is 18.5. The molecule has 0 saturated heterocycles. The number of hydrogen-bond acceptors (Lipinski definition) is 3. The highest BCUT2D eigenvalue weighted by molar-refractivity contribution is 5.91. The average molecular weight is 280 g/mol. The summed E-state index contributed by atoms with van der Waals surface area (Å²) in [5.41, 5.74) is 1.83. The lowest BCUT2D eigenvalue weighted by molar-refractivity contribution is -0.116. The summed E-state index contributed by atoms with van der Waals surface area (Å²) in [4.78, 5) is 15.4. The number of aromatic nitrogens is 1. The molecular formula is C11H19Cl2N3O. The minimum absolute atomic E-state index is 0. The van der Waals surface area contributed by atoms with Crippen molar-refractivity contribution < 1.29 is 4.79 Å². The Bertz CT molecular complexity index is 334. The van der Waals surface area contributed by atoms with Crippen LogP contribution < -0.4 is 10.6 Å². The molecule has 0 saturated carbocycles. The van der Waals surface area contributed by atoms with E-state index in [-0.39, 0.29) is 30.7 Å². The van der Waals surface area contributed by atoms with E-state index >= 15 is 0 Å². The molecule has 4 nitrogen and oxygen atoms in total. The summed E-state index contributed by atoms with van der Waals surface area (Å²) in [6.07, 6.45) is 4.81. The molecule has 0 aliphatic carbocycles. The van der Waals surface area contributed by atoms with Gasteiger partial charge in [0.25, 0.3) is 0 Å². The van der Waals surface area contributed by atoms with Gasteiger partial charge < -0.3 is 10.6 Å². The molecule has 6 heteroatoms. The maximum Gasteiger partial charge on any atom is 0.224 e. The summed E-state index contributed by atoms with van der Waals surface area (Å²) in [5, 5.41) is 5.87. The topological polar surface area (TPSA) is 54.0 Å². The van der Waals surface area contributed by atoms with E-state index in [0.29, 0.717) is 6.42 Å². The quantitative estimate of drug-likeness (QED) is 0.813. The maximum absolute atomic E-state index is 11.5. The van der Waals surface area contributed by atoms with E-state index in [1.807, 2.05) is 20.0 Å². The van der Waals surface area contributed by atoms with Crippen molar-refractivity contribution in [3.8, 4) is 0 Å². The Kier molecular flexibility index (Phi) is 11.2. The number of nitrogens with zero attached hydrogens (tertiary/aromatic N) is 1. The third-order valence-corrected chi connectivity index (χ3v) is 2.12. The molecule has 17 heavy (non-hydrogen) atoms. The molecular weight excluding hydrogens is 261 g/mol. The predicted molar refractivity (Wildman–Crippen MR) is 75.3 cm³/mol. The molecule has 1 rings (SSSR count). The molecule has 1 heterocycles. The Morgan fingerprint density at radius 2 is 2.12 bits per heavy atom. The normalized spacial score (nSPS) is 8.82. The largest absolute Gasteiger partial charge is 0.326 e. The number of amides is 1. The van der Waals surface area contributed by atoms with E-state index in [0.717, 1.165) is 24.2 Å². The zero-order valence-corrected chi connectivity index (χ0v) is 11.7. The molecule has 0 unspecified atom stereocenters. The Balaban J connectivity index is 0. The summed E-state index contributed by atoms with van der Waals surface area (Å²) < 4.78 is 0. The number of halogens is 2. The van der Waals surface area contributed by atoms with Crippen molar-refractivity contribution in [2.45, 2.75) is 19.8 Å². The number of pyridine rings is 1. The molecule has 0 radical (unpaired) electrons. The standard InChI is InChI=1S/C11H17N3O.2ClH/c1-9-8-13-7-5-10(9)14-11(15)4-3-6-12-2;;/h5,7-8,12H,3-4,6H2,1-2H3,(H,13,14,15);2*1H. The van der Waals surface area contributed by atoms with Crippen LogP contribution in [-0.2, 0) is 4.79 Å². The zero-order chi connectivity index (χ0) is 11.1. The third-order valence-electron chi connectivity index (χ3n) is 2.12. The number of hydrogen-bond donors (Lipinski definition) is 2. The number of nitrogens with one attached hydrogen (secondary N) is 2. The molecule has 1 amide bonds. The van der Waals surface area contributed by atoms with Gasteiger partial charge in [0, 0.05) is 24.5 Å². The lowest BCUT2D eigenvalue weighted by Crippen LogP contribution is -2.15. The van der Waals surface area contributed by atoms with Crippen LogP contribution in [0.3, 0.4) is 0 Å². The van der Waals surface area contributed by atoms with Gasteiger partial charge in [0.15, 0.2) is 0 Å². The SMILES string of the molecule is CNCCCC(=O)Nc1ccncc1C.Cl.Cl. The Hall–Kier alpha value is -0.840. The van der Waals surface area contributed by atoms with Crippen LogP contribution in [0.15, 0.2) is 18.5 Å². The highest BCUT2D eigenvalue weighted by Gasteiger charge is 2.03. The van der Waals surface area contributed by atoms with Gasteiger partial charge in [-0.3, -0.25) is 9.78 Å². The van der Waals surface area contributed by atoms with Crippen molar-refractivity contribution in [2.24, 2.45) is 0 Å². The number of carbonyl (C=O) groups is 1. The highest BCUT2D eigenvalue weighted by Crippen LogP contribution is 2.11. The smallest absolute Gasteiger partial charge is 0.224 e.